The Morgan fingerprint density at radius 3 is 3.07 bits per heavy atom. The van der Waals surface area contributed by atoms with Crippen LogP contribution in [-0.4, -0.2) is 14.5 Å². The molecular formula is C9H9N3OS. The van der Waals surface area contributed by atoms with E-state index < -0.39 is 0 Å². The van der Waals surface area contributed by atoms with Crippen LogP contribution in [0.3, 0.4) is 0 Å². The van der Waals surface area contributed by atoms with Gasteiger partial charge in [-0.3, -0.25) is 9.36 Å². The van der Waals surface area contributed by atoms with Crippen molar-refractivity contribution in [2.75, 3.05) is 0 Å². The van der Waals surface area contributed by atoms with Crippen molar-refractivity contribution in [1.82, 2.24) is 14.5 Å². The van der Waals surface area contributed by atoms with E-state index in [4.69, 9.17) is 0 Å². The molecule has 4 nitrogen and oxygen atoms in total. The summed E-state index contributed by atoms with van der Waals surface area (Å²) in [6, 6.07) is 1.44. The molecule has 0 aliphatic heterocycles. The Bertz CT molecular complexity index is 489. The van der Waals surface area contributed by atoms with E-state index in [-0.39, 0.29) is 5.56 Å². The van der Waals surface area contributed by atoms with Gasteiger partial charge in [0.1, 0.15) is 5.01 Å². The average Bonchev–Trinajstić information content (AvgIpc) is 2.56. The monoisotopic (exact) mass is 207 g/mol. The maximum absolute atomic E-state index is 11.3. The first-order valence-electron chi connectivity index (χ1n) is 4.17. The Balaban J connectivity index is 2.27. The highest BCUT2D eigenvalue weighted by Crippen LogP contribution is 2.08. The maximum atomic E-state index is 11.3. The highest BCUT2D eigenvalue weighted by Gasteiger charge is 2.00. The minimum atomic E-state index is -0.0483. The van der Waals surface area contributed by atoms with Gasteiger partial charge < -0.3 is 0 Å². The Labute approximate surface area is 84.9 Å². The van der Waals surface area contributed by atoms with Crippen LogP contribution in [0, 0.1) is 6.92 Å². The molecule has 0 aromatic carbocycles. The molecule has 5 heteroatoms. The molecule has 2 rings (SSSR count). The van der Waals surface area contributed by atoms with Crippen molar-refractivity contribution in [2.24, 2.45) is 0 Å². The third kappa shape index (κ3) is 1.88. The number of aryl methyl sites for hydroxylation is 1. The molecule has 0 bridgehead atoms. The van der Waals surface area contributed by atoms with Crippen molar-refractivity contribution in [3.63, 3.8) is 0 Å². The van der Waals surface area contributed by atoms with Crippen LogP contribution in [0.25, 0.3) is 0 Å². The Kier molecular flexibility index (Phi) is 2.41. The molecule has 0 atom stereocenters. The molecule has 0 aliphatic rings. The number of aromatic nitrogens is 3. The first-order chi connectivity index (χ1) is 6.75. The van der Waals surface area contributed by atoms with Gasteiger partial charge in [-0.2, -0.15) is 0 Å². The third-order valence-corrected chi connectivity index (χ3v) is 2.72. The summed E-state index contributed by atoms with van der Waals surface area (Å²) in [6.45, 7) is 2.44. The van der Waals surface area contributed by atoms with Gasteiger partial charge >= 0.3 is 0 Å². The molecule has 0 spiro atoms. The van der Waals surface area contributed by atoms with E-state index in [1.165, 1.54) is 23.2 Å². The van der Waals surface area contributed by atoms with Gasteiger partial charge in [-0.15, -0.1) is 11.3 Å². The van der Waals surface area contributed by atoms with Crippen LogP contribution in [-0.2, 0) is 6.54 Å². The van der Waals surface area contributed by atoms with Gasteiger partial charge in [0.2, 0.25) is 0 Å². The van der Waals surface area contributed by atoms with E-state index in [0.717, 1.165) is 10.7 Å². The lowest BCUT2D eigenvalue weighted by Crippen LogP contribution is -2.19. The molecule has 0 radical (unpaired) electrons. The van der Waals surface area contributed by atoms with E-state index in [1.54, 1.807) is 11.3 Å². The van der Waals surface area contributed by atoms with E-state index in [0.29, 0.717) is 6.54 Å². The molecule has 0 N–H and O–H groups in total. The molecule has 0 aliphatic carbocycles. The van der Waals surface area contributed by atoms with Crippen molar-refractivity contribution in [2.45, 2.75) is 13.5 Å². The lowest BCUT2D eigenvalue weighted by Gasteiger charge is -1.99. The summed E-state index contributed by atoms with van der Waals surface area (Å²) in [4.78, 5) is 19.5. The van der Waals surface area contributed by atoms with Crippen LogP contribution in [0.2, 0.25) is 0 Å². The quantitative estimate of drug-likeness (QED) is 0.739. The molecule has 0 saturated carbocycles. The topological polar surface area (TPSA) is 47.8 Å². The van der Waals surface area contributed by atoms with Gasteiger partial charge in [0.05, 0.1) is 12.9 Å². The summed E-state index contributed by atoms with van der Waals surface area (Å²) in [5.74, 6) is 0. The van der Waals surface area contributed by atoms with Crippen LogP contribution in [0.15, 0.2) is 28.8 Å². The first kappa shape index (κ1) is 9.08. The van der Waals surface area contributed by atoms with E-state index in [9.17, 15) is 4.79 Å². The highest BCUT2D eigenvalue weighted by molar-refractivity contribution is 7.09. The van der Waals surface area contributed by atoms with E-state index in [1.807, 2.05) is 12.3 Å². The molecule has 14 heavy (non-hydrogen) atoms. The van der Waals surface area contributed by atoms with Crippen LogP contribution in [0.5, 0.6) is 0 Å². The number of nitrogens with zero attached hydrogens (tertiary/aromatic N) is 3. The first-order valence-corrected chi connectivity index (χ1v) is 5.05. The summed E-state index contributed by atoms with van der Waals surface area (Å²) in [5.41, 5.74) is 0.940. The van der Waals surface area contributed by atoms with Gasteiger partial charge in [0.25, 0.3) is 5.56 Å². The van der Waals surface area contributed by atoms with Crippen LogP contribution in [0.4, 0.5) is 0 Å². The number of hydrogen-bond donors (Lipinski definition) is 0. The second-order valence-corrected chi connectivity index (χ2v) is 3.87. The predicted molar refractivity (Wildman–Crippen MR) is 54.5 cm³/mol. The van der Waals surface area contributed by atoms with Crippen molar-refractivity contribution >= 4 is 11.3 Å². The van der Waals surface area contributed by atoms with Crippen LogP contribution < -0.4 is 5.56 Å². The fraction of sp³-hybridized carbons (Fsp3) is 0.222. The molecule has 0 amide bonds. The molecule has 0 saturated heterocycles. The van der Waals surface area contributed by atoms with E-state index in [2.05, 4.69) is 9.97 Å². The minimum Gasteiger partial charge on any atom is -0.292 e. The van der Waals surface area contributed by atoms with Crippen LogP contribution >= 0.6 is 11.3 Å². The fourth-order valence-electron chi connectivity index (χ4n) is 1.12. The molecular weight excluding hydrogens is 198 g/mol. The zero-order valence-corrected chi connectivity index (χ0v) is 8.49. The van der Waals surface area contributed by atoms with Crippen molar-refractivity contribution in [1.29, 1.82) is 0 Å². The predicted octanol–water partition coefficient (Wildman–Crippen LogP) is 1.06. The van der Waals surface area contributed by atoms with E-state index >= 15 is 0 Å². The lowest BCUT2D eigenvalue weighted by molar-refractivity contribution is 0.730. The zero-order chi connectivity index (χ0) is 9.97. The largest absolute Gasteiger partial charge is 0.292 e. The van der Waals surface area contributed by atoms with Gasteiger partial charge in [-0.25, -0.2) is 9.97 Å². The Morgan fingerprint density at radius 2 is 2.43 bits per heavy atom. The van der Waals surface area contributed by atoms with Gasteiger partial charge in [0.15, 0.2) is 0 Å². The lowest BCUT2D eigenvalue weighted by atomic mass is 10.5. The summed E-state index contributed by atoms with van der Waals surface area (Å²) >= 11 is 1.55. The third-order valence-electron chi connectivity index (χ3n) is 1.76. The Morgan fingerprint density at radius 1 is 1.57 bits per heavy atom. The standard InChI is InChI=1S/C9H9N3OS/c1-7-5-14-8(11-7)4-12-6-10-3-2-9(12)13/h2-3,5-6H,4H2,1H3. The van der Waals surface area contributed by atoms with Gasteiger partial charge in [0, 0.05) is 23.3 Å². The highest BCUT2D eigenvalue weighted by atomic mass is 32.1. The second-order valence-electron chi connectivity index (χ2n) is 2.93. The SMILES string of the molecule is Cc1csc(Cn2cnccc2=O)n1. The Hall–Kier alpha value is -1.49. The summed E-state index contributed by atoms with van der Waals surface area (Å²) in [7, 11) is 0. The van der Waals surface area contributed by atoms with Crippen molar-refractivity contribution in [3.8, 4) is 0 Å². The number of hydrogen-bond acceptors (Lipinski definition) is 4. The summed E-state index contributed by atoms with van der Waals surface area (Å²) in [6.07, 6.45) is 3.02. The summed E-state index contributed by atoms with van der Waals surface area (Å²) < 4.78 is 1.54. The number of rotatable bonds is 2. The second kappa shape index (κ2) is 3.71. The van der Waals surface area contributed by atoms with Crippen molar-refractivity contribution in [3.05, 3.63) is 45.0 Å². The maximum Gasteiger partial charge on any atom is 0.253 e. The normalized spacial score (nSPS) is 10.4. The molecule has 2 aromatic heterocycles. The van der Waals surface area contributed by atoms with Gasteiger partial charge in [-0.1, -0.05) is 0 Å². The molecule has 2 heterocycles. The molecule has 72 valence electrons. The smallest absolute Gasteiger partial charge is 0.253 e. The summed E-state index contributed by atoms with van der Waals surface area (Å²) in [5, 5.41) is 2.90. The number of thiazole rings is 1. The average molecular weight is 207 g/mol. The fourth-order valence-corrected chi connectivity index (χ4v) is 1.89. The molecule has 0 fully saturated rings. The molecule has 0 unspecified atom stereocenters. The van der Waals surface area contributed by atoms with Crippen LogP contribution in [0.1, 0.15) is 10.7 Å². The van der Waals surface area contributed by atoms with Gasteiger partial charge in [-0.05, 0) is 6.92 Å². The molecule has 2 aromatic rings. The zero-order valence-electron chi connectivity index (χ0n) is 7.67. The minimum absolute atomic E-state index is 0.0483. The van der Waals surface area contributed by atoms with Crippen molar-refractivity contribution < 1.29 is 0 Å².